The van der Waals surface area contributed by atoms with Gasteiger partial charge in [-0.05, 0) is 41.0 Å². The van der Waals surface area contributed by atoms with E-state index in [1.54, 1.807) is 24.3 Å². The Labute approximate surface area is 269 Å². The van der Waals surface area contributed by atoms with E-state index < -0.39 is 47.0 Å². The highest BCUT2D eigenvalue weighted by Gasteiger charge is 2.35. The Kier molecular flexibility index (Phi) is 9.03. The van der Waals surface area contributed by atoms with Crippen molar-refractivity contribution in [2.75, 3.05) is 31.1 Å². The number of hydrogen-bond donors (Lipinski definition) is 1. The highest BCUT2D eigenvalue weighted by atomic mass is 19.4. The minimum atomic E-state index is -4.84. The third kappa shape index (κ3) is 6.59. The first kappa shape index (κ1) is 32.2. The highest BCUT2D eigenvalue weighted by Crippen LogP contribution is 2.34. The van der Waals surface area contributed by atoms with Crippen molar-refractivity contribution in [2.24, 2.45) is 5.73 Å². The molecule has 0 spiro atoms. The maximum absolute atomic E-state index is 15.0. The van der Waals surface area contributed by atoms with Crippen molar-refractivity contribution < 1.29 is 17.6 Å². The van der Waals surface area contributed by atoms with Gasteiger partial charge in [-0.3, -0.25) is 18.8 Å². The second kappa shape index (κ2) is 13.2. The van der Waals surface area contributed by atoms with Crippen LogP contribution in [-0.2, 0) is 25.8 Å². The molecule has 1 aromatic heterocycles. The second-order valence-electron chi connectivity index (χ2n) is 11.9. The largest absolute Gasteiger partial charge is 0.416 e. The topological polar surface area (TPSA) is 76.5 Å². The zero-order valence-corrected chi connectivity index (χ0v) is 25.9. The first-order chi connectivity index (χ1) is 22.5. The summed E-state index contributed by atoms with van der Waals surface area (Å²) in [5, 5.41) is 2.32. The highest BCUT2D eigenvalue weighted by molar-refractivity contribution is 5.85. The lowest BCUT2D eigenvalue weighted by molar-refractivity contribution is -0.138. The fraction of sp³-hybridized carbons (Fsp3) is 0.278. The zero-order chi connectivity index (χ0) is 33.3. The lowest BCUT2D eigenvalue weighted by Crippen LogP contribution is -2.51. The zero-order valence-electron chi connectivity index (χ0n) is 25.9. The average molecular weight is 646 g/mol. The SMILES string of the molecule is Cc1c(N2CCN(Cc3cccc4ccccc34)CC2)c(=O)n(CC(N)c2ccccc2)c(=O)n1Cc1c(F)cccc1C(F)(F)F. The molecule has 5 aromatic rings. The van der Waals surface area contributed by atoms with Gasteiger partial charge in [-0.25, -0.2) is 9.18 Å². The van der Waals surface area contributed by atoms with Gasteiger partial charge in [-0.15, -0.1) is 0 Å². The van der Waals surface area contributed by atoms with Crippen LogP contribution in [0.3, 0.4) is 0 Å². The summed E-state index contributed by atoms with van der Waals surface area (Å²) in [6.07, 6.45) is -4.84. The number of alkyl halides is 3. The van der Waals surface area contributed by atoms with Crippen molar-refractivity contribution in [3.63, 3.8) is 0 Å². The molecular formula is C36H35F4N5O2. The standard InChI is InChI=1S/C36H35F4N5O2/c1-24-33(43-19-17-42(18-20-43)21-27-13-7-12-25-9-5-6-14-28(25)27)34(46)45(23-32(41)26-10-3-2-4-11-26)35(47)44(24)22-29-30(36(38,39)40)15-8-16-31(29)37/h2-16,32H,17-23,41H2,1H3. The van der Waals surface area contributed by atoms with Gasteiger partial charge in [0.25, 0.3) is 5.56 Å². The van der Waals surface area contributed by atoms with Crippen LogP contribution in [0.4, 0.5) is 23.2 Å². The third-order valence-corrected chi connectivity index (χ3v) is 8.97. The van der Waals surface area contributed by atoms with E-state index in [4.69, 9.17) is 5.73 Å². The van der Waals surface area contributed by atoms with Gasteiger partial charge >= 0.3 is 11.9 Å². The van der Waals surface area contributed by atoms with Gasteiger partial charge in [-0.1, -0.05) is 78.9 Å². The van der Waals surface area contributed by atoms with E-state index in [-0.39, 0.29) is 17.9 Å². The first-order valence-electron chi connectivity index (χ1n) is 15.5. The van der Waals surface area contributed by atoms with Crippen LogP contribution >= 0.6 is 0 Å². The number of anilines is 1. The van der Waals surface area contributed by atoms with Gasteiger partial charge in [0.05, 0.1) is 18.7 Å². The lowest BCUT2D eigenvalue weighted by atomic mass is 10.0. The fourth-order valence-corrected chi connectivity index (χ4v) is 6.44. The molecule has 1 aliphatic rings. The number of fused-ring (bicyclic) bond motifs is 1. The maximum Gasteiger partial charge on any atom is 0.416 e. The van der Waals surface area contributed by atoms with Crippen LogP contribution < -0.4 is 21.9 Å². The maximum atomic E-state index is 15.0. The van der Waals surface area contributed by atoms with E-state index in [0.717, 1.165) is 32.7 Å². The number of rotatable bonds is 8. The summed E-state index contributed by atoms with van der Waals surface area (Å²) in [4.78, 5) is 32.1. The van der Waals surface area contributed by atoms with Crippen molar-refractivity contribution in [3.8, 4) is 0 Å². The third-order valence-electron chi connectivity index (χ3n) is 8.97. The molecule has 0 bridgehead atoms. The van der Waals surface area contributed by atoms with Gasteiger partial charge in [-0.2, -0.15) is 13.2 Å². The molecule has 1 aliphatic heterocycles. The molecule has 7 nitrogen and oxygen atoms in total. The molecule has 244 valence electrons. The molecule has 0 aliphatic carbocycles. The summed E-state index contributed by atoms with van der Waals surface area (Å²) in [6, 6.07) is 25.3. The van der Waals surface area contributed by atoms with Crippen molar-refractivity contribution in [2.45, 2.75) is 38.8 Å². The molecule has 1 saturated heterocycles. The molecule has 0 saturated carbocycles. The van der Waals surface area contributed by atoms with Crippen LogP contribution in [0.25, 0.3) is 10.8 Å². The number of hydrogen-bond acceptors (Lipinski definition) is 5. The number of benzene rings is 4. The summed E-state index contributed by atoms with van der Waals surface area (Å²) in [5.41, 5.74) is 5.38. The molecule has 1 unspecified atom stereocenters. The van der Waals surface area contributed by atoms with Gasteiger partial charge < -0.3 is 10.6 Å². The van der Waals surface area contributed by atoms with Crippen molar-refractivity contribution in [1.82, 2.24) is 14.0 Å². The van der Waals surface area contributed by atoms with E-state index in [9.17, 15) is 27.2 Å². The number of nitrogens with two attached hydrogens (primary N) is 1. The molecule has 4 aromatic carbocycles. The fourth-order valence-electron chi connectivity index (χ4n) is 6.44. The molecule has 2 N–H and O–H groups in total. The summed E-state index contributed by atoms with van der Waals surface area (Å²) in [7, 11) is 0. The molecule has 0 amide bonds. The first-order valence-corrected chi connectivity index (χ1v) is 15.5. The smallest absolute Gasteiger partial charge is 0.363 e. The van der Waals surface area contributed by atoms with Crippen LogP contribution in [0.1, 0.15) is 34.0 Å². The van der Waals surface area contributed by atoms with E-state index in [0.29, 0.717) is 38.3 Å². The van der Waals surface area contributed by atoms with Gasteiger partial charge in [0.2, 0.25) is 0 Å². The van der Waals surface area contributed by atoms with Gasteiger partial charge in [0.15, 0.2) is 0 Å². The molecular weight excluding hydrogens is 610 g/mol. The number of aromatic nitrogens is 2. The lowest BCUT2D eigenvalue weighted by Gasteiger charge is -2.37. The van der Waals surface area contributed by atoms with Gasteiger partial charge in [0, 0.05) is 50.0 Å². The molecule has 6 rings (SSSR count). The molecule has 1 fully saturated rings. The van der Waals surface area contributed by atoms with Crippen molar-refractivity contribution in [1.29, 1.82) is 0 Å². The summed E-state index contributed by atoms with van der Waals surface area (Å²) >= 11 is 0. The van der Waals surface area contributed by atoms with Crippen LogP contribution in [0.15, 0.2) is 101 Å². The summed E-state index contributed by atoms with van der Waals surface area (Å²) < 4.78 is 58.9. The Morgan fingerprint density at radius 1 is 0.787 bits per heavy atom. The van der Waals surface area contributed by atoms with E-state index in [2.05, 4.69) is 29.2 Å². The second-order valence-corrected chi connectivity index (χ2v) is 11.9. The number of halogens is 4. The normalized spacial score (nSPS) is 14.9. The summed E-state index contributed by atoms with van der Waals surface area (Å²) in [6.45, 7) is 3.41. The van der Waals surface area contributed by atoms with Crippen LogP contribution in [0.2, 0.25) is 0 Å². The Bertz CT molecular complexity index is 2010. The van der Waals surface area contributed by atoms with Crippen LogP contribution in [0.5, 0.6) is 0 Å². The molecule has 2 heterocycles. The molecule has 47 heavy (non-hydrogen) atoms. The number of nitrogens with zero attached hydrogens (tertiary/aromatic N) is 4. The molecule has 11 heteroatoms. The van der Waals surface area contributed by atoms with Gasteiger partial charge in [0.1, 0.15) is 11.5 Å². The Balaban J connectivity index is 1.36. The monoisotopic (exact) mass is 645 g/mol. The predicted octanol–water partition coefficient (Wildman–Crippen LogP) is 5.70. The van der Waals surface area contributed by atoms with E-state index in [1.807, 2.05) is 29.2 Å². The van der Waals surface area contributed by atoms with E-state index >= 15 is 0 Å². The van der Waals surface area contributed by atoms with E-state index in [1.165, 1.54) is 17.9 Å². The average Bonchev–Trinajstić information content (AvgIpc) is 3.06. The number of piperazine rings is 1. The van der Waals surface area contributed by atoms with Crippen molar-refractivity contribution in [3.05, 3.63) is 146 Å². The van der Waals surface area contributed by atoms with Crippen LogP contribution in [0, 0.1) is 12.7 Å². The Morgan fingerprint density at radius 2 is 1.45 bits per heavy atom. The van der Waals surface area contributed by atoms with Crippen molar-refractivity contribution >= 4 is 16.5 Å². The Hall–Kier alpha value is -4.74. The summed E-state index contributed by atoms with van der Waals surface area (Å²) in [5.74, 6) is -1.09. The quantitative estimate of drug-likeness (QED) is 0.219. The van der Waals surface area contributed by atoms with Crippen LogP contribution in [-0.4, -0.2) is 40.2 Å². The molecule has 0 radical (unpaired) electrons. The Morgan fingerprint density at radius 3 is 2.17 bits per heavy atom. The minimum absolute atomic E-state index is 0.170. The minimum Gasteiger partial charge on any atom is -0.363 e. The predicted molar refractivity (Wildman–Crippen MR) is 175 cm³/mol. The molecule has 1 atom stereocenters.